The number of nitrogens with one attached hydrogen (secondary N) is 2. The fourth-order valence-electron chi connectivity index (χ4n) is 3.27. The predicted octanol–water partition coefficient (Wildman–Crippen LogP) is 2.69. The molecule has 9 nitrogen and oxygen atoms in total. The van der Waals surface area contributed by atoms with Gasteiger partial charge in [0.05, 0.1) is 41.7 Å². The van der Waals surface area contributed by atoms with Gasteiger partial charge in [-0.2, -0.15) is 0 Å². The number of rotatable bonds is 6. The van der Waals surface area contributed by atoms with Crippen molar-refractivity contribution in [3.05, 3.63) is 86.6 Å². The summed E-state index contributed by atoms with van der Waals surface area (Å²) in [7, 11) is 0. The minimum absolute atomic E-state index is 0.0961. The fraction of sp³-hybridized carbons (Fsp3) is 0.182. The lowest BCUT2D eigenvalue weighted by molar-refractivity contribution is 0.102. The van der Waals surface area contributed by atoms with E-state index in [2.05, 4.69) is 15.3 Å². The third kappa shape index (κ3) is 3.97. The number of pyridine rings is 1. The fourth-order valence-corrected chi connectivity index (χ4v) is 3.27. The van der Waals surface area contributed by atoms with Gasteiger partial charge in [-0.1, -0.05) is 12.1 Å². The highest BCUT2D eigenvalue weighted by molar-refractivity contribution is 6.07. The molecule has 0 unspecified atom stereocenters. The first-order valence-corrected chi connectivity index (χ1v) is 9.68. The molecule has 0 saturated heterocycles. The Bertz CT molecular complexity index is 1370. The number of amides is 1. The number of hydrogen-bond acceptors (Lipinski definition) is 6. The van der Waals surface area contributed by atoms with Crippen molar-refractivity contribution in [2.24, 2.45) is 0 Å². The van der Waals surface area contributed by atoms with Crippen molar-refractivity contribution >= 4 is 22.6 Å². The number of ether oxygens (including phenoxy) is 1. The molecule has 1 amide bonds. The van der Waals surface area contributed by atoms with E-state index in [1.807, 2.05) is 6.92 Å². The van der Waals surface area contributed by atoms with Crippen LogP contribution in [0.2, 0.25) is 0 Å². The van der Waals surface area contributed by atoms with Gasteiger partial charge in [0, 0.05) is 0 Å². The molecule has 0 aliphatic carbocycles. The van der Waals surface area contributed by atoms with Gasteiger partial charge in [-0.25, -0.2) is 9.78 Å². The number of nitrogens with zero attached hydrogens (tertiary/aromatic N) is 2. The molecule has 2 N–H and O–H groups in total. The summed E-state index contributed by atoms with van der Waals surface area (Å²) in [5.74, 6) is 0.626. The zero-order chi connectivity index (χ0) is 22.0. The van der Waals surface area contributed by atoms with Crippen molar-refractivity contribution in [3.63, 3.8) is 0 Å². The first-order valence-electron chi connectivity index (χ1n) is 9.68. The molecule has 0 radical (unpaired) electrons. The van der Waals surface area contributed by atoms with Crippen LogP contribution in [0.25, 0.3) is 11.0 Å². The van der Waals surface area contributed by atoms with Crippen molar-refractivity contribution in [3.8, 4) is 5.75 Å². The van der Waals surface area contributed by atoms with Gasteiger partial charge in [-0.05, 0) is 44.2 Å². The van der Waals surface area contributed by atoms with Gasteiger partial charge in [-0.15, -0.1) is 0 Å². The first kappa shape index (κ1) is 20.1. The second-order valence-electron chi connectivity index (χ2n) is 6.80. The maximum absolute atomic E-state index is 13.0. The van der Waals surface area contributed by atoms with E-state index in [9.17, 15) is 14.4 Å². The van der Waals surface area contributed by atoms with E-state index in [0.29, 0.717) is 29.5 Å². The molecule has 1 aromatic carbocycles. The average Bonchev–Trinajstić information content (AvgIpc) is 3.25. The minimum Gasteiger partial charge on any atom is -0.492 e. The van der Waals surface area contributed by atoms with Crippen molar-refractivity contribution in [2.45, 2.75) is 20.4 Å². The van der Waals surface area contributed by atoms with Crippen LogP contribution in [0.4, 0.5) is 5.69 Å². The number of hydrogen-bond donors (Lipinski definition) is 2. The zero-order valence-electron chi connectivity index (χ0n) is 17.0. The van der Waals surface area contributed by atoms with Gasteiger partial charge in [0.2, 0.25) is 0 Å². The number of aromatic amines is 1. The van der Waals surface area contributed by atoms with E-state index in [1.54, 1.807) is 43.3 Å². The largest absolute Gasteiger partial charge is 0.492 e. The molecule has 31 heavy (non-hydrogen) atoms. The van der Waals surface area contributed by atoms with E-state index in [0.717, 1.165) is 0 Å². The molecule has 0 bridgehead atoms. The Morgan fingerprint density at radius 3 is 2.77 bits per heavy atom. The first-order chi connectivity index (χ1) is 15.0. The normalized spacial score (nSPS) is 10.9. The predicted molar refractivity (Wildman–Crippen MR) is 115 cm³/mol. The van der Waals surface area contributed by atoms with E-state index < -0.39 is 17.2 Å². The number of aryl methyl sites for hydroxylation is 1. The summed E-state index contributed by atoms with van der Waals surface area (Å²) < 4.78 is 12.1. The standard InChI is InChI=1S/C22H20N4O5/c1-3-30-18-9-5-4-8-17(18)24-20(27)15-11-16-19(23-13(15)2)26(22(29)25-21(16)28)12-14-7-6-10-31-14/h4-11H,3,12H2,1-2H3,(H,24,27)(H,25,28,29). The number of fused-ring (bicyclic) bond motifs is 1. The second-order valence-corrected chi connectivity index (χ2v) is 6.80. The van der Waals surface area contributed by atoms with Crippen LogP contribution in [0.5, 0.6) is 5.75 Å². The molecular formula is C22H20N4O5. The Morgan fingerprint density at radius 2 is 2.03 bits per heavy atom. The van der Waals surface area contributed by atoms with Crippen LogP contribution in [-0.2, 0) is 6.54 Å². The van der Waals surface area contributed by atoms with Crippen LogP contribution < -0.4 is 21.3 Å². The molecule has 0 saturated carbocycles. The summed E-state index contributed by atoms with van der Waals surface area (Å²) in [6.45, 7) is 4.04. The third-order valence-electron chi connectivity index (χ3n) is 4.73. The van der Waals surface area contributed by atoms with E-state index in [-0.39, 0.29) is 23.1 Å². The number of para-hydroxylation sites is 2. The lowest BCUT2D eigenvalue weighted by Crippen LogP contribution is -2.31. The van der Waals surface area contributed by atoms with Gasteiger partial charge in [-0.3, -0.25) is 19.1 Å². The monoisotopic (exact) mass is 420 g/mol. The number of carbonyl (C=O) groups excluding carboxylic acids is 1. The number of H-pyrrole nitrogens is 1. The van der Waals surface area contributed by atoms with E-state index in [1.165, 1.54) is 16.9 Å². The minimum atomic E-state index is -0.619. The molecule has 3 aromatic heterocycles. The maximum Gasteiger partial charge on any atom is 0.330 e. The van der Waals surface area contributed by atoms with Crippen LogP contribution in [-0.4, -0.2) is 27.0 Å². The average molecular weight is 420 g/mol. The lowest BCUT2D eigenvalue weighted by Gasteiger charge is -2.13. The molecule has 4 aromatic rings. The van der Waals surface area contributed by atoms with Crippen molar-refractivity contribution in [2.75, 3.05) is 11.9 Å². The topological polar surface area (TPSA) is 119 Å². The number of anilines is 1. The van der Waals surface area contributed by atoms with Crippen molar-refractivity contribution in [1.29, 1.82) is 0 Å². The highest BCUT2D eigenvalue weighted by atomic mass is 16.5. The molecule has 158 valence electrons. The van der Waals surface area contributed by atoms with Crippen LogP contribution in [0, 0.1) is 6.92 Å². The number of aromatic nitrogens is 3. The van der Waals surface area contributed by atoms with Crippen LogP contribution in [0.1, 0.15) is 28.7 Å². The van der Waals surface area contributed by atoms with Crippen LogP contribution in [0.15, 0.2) is 62.7 Å². The Morgan fingerprint density at radius 1 is 1.23 bits per heavy atom. The molecule has 9 heteroatoms. The molecular weight excluding hydrogens is 400 g/mol. The number of benzene rings is 1. The zero-order valence-corrected chi connectivity index (χ0v) is 17.0. The SMILES string of the molecule is CCOc1ccccc1NC(=O)c1cc2c(=O)[nH]c(=O)n(Cc3ccco3)c2nc1C. The summed E-state index contributed by atoms with van der Waals surface area (Å²) in [6, 6.07) is 11.9. The van der Waals surface area contributed by atoms with Gasteiger partial charge in [0.25, 0.3) is 11.5 Å². The van der Waals surface area contributed by atoms with Crippen molar-refractivity contribution in [1.82, 2.24) is 14.5 Å². The highest BCUT2D eigenvalue weighted by Crippen LogP contribution is 2.25. The Kier molecular flexibility index (Phi) is 5.40. The smallest absolute Gasteiger partial charge is 0.330 e. The molecule has 0 atom stereocenters. The molecule has 3 heterocycles. The van der Waals surface area contributed by atoms with Gasteiger partial charge < -0.3 is 14.5 Å². The summed E-state index contributed by atoms with van der Waals surface area (Å²) >= 11 is 0. The summed E-state index contributed by atoms with van der Waals surface area (Å²) in [5.41, 5.74) is 0.0413. The summed E-state index contributed by atoms with van der Waals surface area (Å²) in [4.78, 5) is 44.5. The van der Waals surface area contributed by atoms with Gasteiger partial charge >= 0.3 is 5.69 Å². The number of carbonyl (C=O) groups is 1. The lowest BCUT2D eigenvalue weighted by atomic mass is 10.1. The molecule has 0 aliphatic heterocycles. The summed E-state index contributed by atoms with van der Waals surface area (Å²) in [6.07, 6.45) is 1.50. The van der Waals surface area contributed by atoms with Gasteiger partial charge in [0.15, 0.2) is 0 Å². The number of furan rings is 1. The molecule has 0 spiro atoms. The van der Waals surface area contributed by atoms with E-state index in [4.69, 9.17) is 9.15 Å². The van der Waals surface area contributed by atoms with Crippen LogP contribution >= 0.6 is 0 Å². The molecule has 4 rings (SSSR count). The molecule has 0 aliphatic rings. The third-order valence-corrected chi connectivity index (χ3v) is 4.73. The summed E-state index contributed by atoms with van der Waals surface area (Å²) in [5, 5.41) is 2.92. The van der Waals surface area contributed by atoms with Gasteiger partial charge in [0.1, 0.15) is 17.2 Å². The Balaban J connectivity index is 1.77. The van der Waals surface area contributed by atoms with Crippen LogP contribution in [0.3, 0.4) is 0 Å². The quantitative estimate of drug-likeness (QED) is 0.495. The Hall–Kier alpha value is -4.14. The molecule has 0 fully saturated rings. The van der Waals surface area contributed by atoms with E-state index >= 15 is 0 Å². The maximum atomic E-state index is 13.0. The second kappa shape index (κ2) is 8.31. The highest BCUT2D eigenvalue weighted by Gasteiger charge is 2.18. The Labute approximate surface area is 176 Å². The van der Waals surface area contributed by atoms with Crippen molar-refractivity contribution < 1.29 is 13.9 Å².